The van der Waals surface area contributed by atoms with E-state index in [1.54, 1.807) is 12.1 Å². The molecule has 19 heavy (non-hydrogen) atoms. The van der Waals surface area contributed by atoms with E-state index in [0.29, 0.717) is 0 Å². The lowest BCUT2D eigenvalue weighted by atomic mass is 9.77. The van der Waals surface area contributed by atoms with Gasteiger partial charge in [0.05, 0.1) is 6.61 Å². The van der Waals surface area contributed by atoms with E-state index in [2.05, 4.69) is 19.1 Å². The van der Waals surface area contributed by atoms with Gasteiger partial charge in [0, 0.05) is 5.41 Å². The van der Waals surface area contributed by atoms with Crippen molar-refractivity contribution in [3.8, 4) is 0 Å². The molecule has 0 amide bonds. The Bertz CT molecular complexity index is 547. The monoisotopic (exact) mass is 258 g/mol. The summed E-state index contributed by atoms with van der Waals surface area (Å²) in [5.74, 6) is -0.250. The summed E-state index contributed by atoms with van der Waals surface area (Å²) in [5, 5.41) is 9.77. The van der Waals surface area contributed by atoms with Gasteiger partial charge in [-0.3, -0.25) is 0 Å². The molecule has 1 N–H and O–H groups in total. The molecule has 2 aromatic carbocycles. The molecule has 0 radical (unpaired) electrons. The van der Waals surface area contributed by atoms with Gasteiger partial charge in [0.15, 0.2) is 0 Å². The summed E-state index contributed by atoms with van der Waals surface area (Å²) in [6.07, 6.45) is 0.738. The molecular formula is C17H19FO. The maximum atomic E-state index is 13.0. The van der Waals surface area contributed by atoms with Crippen LogP contribution in [0.1, 0.15) is 23.6 Å². The molecular weight excluding hydrogens is 239 g/mol. The van der Waals surface area contributed by atoms with Crippen LogP contribution in [-0.2, 0) is 11.8 Å². The molecule has 2 aromatic rings. The zero-order valence-corrected chi connectivity index (χ0v) is 11.4. The second-order valence-corrected chi connectivity index (χ2v) is 5.33. The third-order valence-corrected chi connectivity index (χ3v) is 3.73. The van der Waals surface area contributed by atoms with E-state index in [-0.39, 0.29) is 17.8 Å². The number of aliphatic hydroxyl groups is 1. The minimum absolute atomic E-state index is 0.0347. The Morgan fingerprint density at radius 3 is 2.26 bits per heavy atom. The molecule has 0 bridgehead atoms. The fourth-order valence-electron chi connectivity index (χ4n) is 2.33. The third-order valence-electron chi connectivity index (χ3n) is 3.73. The van der Waals surface area contributed by atoms with Gasteiger partial charge in [-0.15, -0.1) is 0 Å². The highest BCUT2D eigenvalue weighted by Gasteiger charge is 2.26. The van der Waals surface area contributed by atoms with Crippen LogP contribution in [0.2, 0.25) is 0 Å². The van der Waals surface area contributed by atoms with Gasteiger partial charge in [-0.1, -0.05) is 43.3 Å². The van der Waals surface area contributed by atoms with Crippen LogP contribution in [0.15, 0.2) is 48.5 Å². The summed E-state index contributed by atoms with van der Waals surface area (Å²) in [5.41, 5.74) is 2.99. The van der Waals surface area contributed by atoms with Crippen LogP contribution in [0.3, 0.4) is 0 Å². The maximum Gasteiger partial charge on any atom is 0.123 e. The topological polar surface area (TPSA) is 20.2 Å². The van der Waals surface area contributed by atoms with Crippen LogP contribution in [0.25, 0.3) is 0 Å². The molecule has 0 aromatic heterocycles. The maximum absolute atomic E-state index is 13.0. The van der Waals surface area contributed by atoms with Gasteiger partial charge in [-0.05, 0) is 42.2 Å². The zero-order valence-electron chi connectivity index (χ0n) is 11.4. The zero-order chi connectivity index (χ0) is 13.9. The molecule has 0 spiro atoms. The first kappa shape index (κ1) is 13.8. The van der Waals surface area contributed by atoms with Gasteiger partial charge in [0.2, 0.25) is 0 Å². The van der Waals surface area contributed by atoms with Crippen molar-refractivity contribution < 1.29 is 9.50 Å². The molecule has 0 aliphatic heterocycles. The number of aryl methyl sites for hydroxylation is 1. The first-order chi connectivity index (χ1) is 9.05. The number of aliphatic hydroxyl groups excluding tert-OH is 1. The second-order valence-electron chi connectivity index (χ2n) is 5.33. The Kier molecular flexibility index (Phi) is 4.01. The molecule has 100 valence electrons. The first-order valence-corrected chi connectivity index (χ1v) is 6.46. The summed E-state index contributed by atoms with van der Waals surface area (Å²) in [4.78, 5) is 0. The van der Waals surface area contributed by atoms with Crippen molar-refractivity contribution in [2.45, 2.75) is 25.7 Å². The Morgan fingerprint density at radius 1 is 1.05 bits per heavy atom. The van der Waals surface area contributed by atoms with Gasteiger partial charge >= 0.3 is 0 Å². The SMILES string of the molecule is Cc1ccccc1CC(C)(CO)c1ccc(F)cc1. The minimum atomic E-state index is -0.389. The van der Waals surface area contributed by atoms with Gasteiger partial charge in [0.1, 0.15) is 5.82 Å². The highest BCUT2D eigenvalue weighted by atomic mass is 19.1. The number of hydrogen-bond acceptors (Lipinski definition) is 1. The lowest BCUT2D eigenvalue weighted by molar-refractivity contribution is 0.204. The van der Waals surface area contributed by atoms with Crippen molar-refractivity contribution in [1.29, 1.82) is 0 Å². The first-order valence-electron chi connectivity index (χ1n) is 6.46. The Labute approximate surface area is 113 Å². The fourth-order valence-corrected chi connectivity index (χ4v) is 2.33. The van der Waals surface area contributed by atoms with Crippen LogP contribution in [-0.4, -0.2) is 11.7 Å². The smallest absolute Gasteiger partial charge is 0.123 e. The molecule has 2 heteroatoms. The van der Waals surface area contributed by atoms with E-state index >= 15 is 0 Å². The molecule has 1 nitrogen and oxygen atoms in total. The average molecular weight is 258 g/mol. The molecule has 1 unspecified atom stereocenters. The van der Waals surface area contributed by atoms with E-state index in [0.717, 1.165) is 12.0 Å². The minimum Gasteiger partial charge on any atom is -0.395 e. The highest BCUT2D eigenvalue weighted by Crippen LogP contribution is 2.29. The Balaban J connectivity index is 2.33. The summed E-state index contributed by atoms with van der Waals surface area (Å²) >= 11 is 0. The Morgan fingerprint density at radius 2 is 1.68 bits per heavy atom. The predicted octanol–water partition coefficient (Wildman–Crippen LogP) is 3.63. The second kappa shape index (κ2) is 5.54. The summed E-state index contributed by atoms with van der Waals surface area (Å²) in [6.45, 7) is 4.11. The van der Waals surface area contributed by atoms with Gasteiger partial charge in [-0.25, -0.2) is 4.39 Å². The molecule has 0 aliphatic carbocycles. The number of hydrogen-bond donors (Lipinski definition) is 1. The van der Waals surface area contributed by atoms with Crippen LogP contribution in [0.4, 0.5) is 4.39 Å². The average Bonchev–Trinajstić information content (AvgIpc) is 2.42. The third kappa shape index (κ3) is 3.02. The van der Waals surface area contributed by atoms with Gasteiger partial charge < -0.3 is 5.11 Å². The lowest BCUT2D eigenvalue weighted by Gasteiger charge is -2.29. The molecule has 0 fully saturated rings. The summed E-state index contributed by atoms with van der Waals surface area (Å²) < 4.78 is 13.0. The number of rotatable bonds is 4. The lowest BCUT2D eigenvalue weighted by Crippen LogP contribution is -2.29. The quantitative estimate of drug-likeness (QED) is 0.888. The highest BCUT2D eigenvalue weighted by molar-refractivity contribution is 5.32. The normalized spacial score (nSPS) is 14.1. The molecule has 0 heterocycles. The number of benzene rings is 2. The van der Waals surface area contributed by atoms with Crippen molar-refractivity contribution in [2.24, 2.45) is 0 Å². The van der Waals surface area contributed by atoms with Crippen LogP contribution in [0, 0.1) is 12.7 Å². The van der Waals surface area contributed by atoms with Crippen LogP contribution >= 0.6 is 0 Å². The van der Waals surface area contributed by atoms with Crippen molar-refractivity contribution in [2.75, 3.05) is 6.61 Å². The van der Waals surface area contributed by atoms with E-state index < -0.39 is 0 Å². The Hall–Kier alpha value is -1.67. The molecule has 0 aliphatic rings. The van der Waals surface area contributed by atoms with E-state index in [1.165, 1.54) is 23.3 Å². The van der Waals surface area contributed by atoms with Crippen molar-refractivity contribution in [3.63, 3.8) is 0 Å². The largest absolute Gasteiger partial charge is 0.395 e. The number of halogens is 1. The molecule has 0 saturated heterocycles. The fraction of sp³-hybridized carbons (Fsp3) is 0.294. The summed E-state index contributed by atoms with van der Waals surface area (Å²) in [7, 11) is 0. The molecule has 2 rings (SSSR count). The van der Waals surface area contributed by atoms with Crippen LogP contribution < -0.4 is 0 Å². The van der Waals surface area contributed by atoms with Crippen molar-refractivity contribution in [3.05, 3.63) is 71.0 Å². The summed E-state index contributed by atoms with van der Waals surface area (Å²) in [6, 6.07) is 14.6. The van der Waals surface area contributed by atoms with E-state index in [4.69, 9.17) is 0 Å². The van der Waals surface area contributed by atoms with Gasteiger partial charge in [0.25, 0.3) is 0 Å². The molecule has 0 saturated carbocycles. The van der Waals surface area contributed by atoms with Crippen molar-refractivity contribution >= 4 is 0 Å². The van der Waals surface area contributed by atoms with Crippen molar-refractivity contribution in [1.82, 2.24) is 0 Å². The predicted molar refractivity (Wildman–Crippen MR) is 75.7 cm³/mol. The van der Waals surface area contributed by atoms with Gasteiger partial charge in [-0.2, -0.15) is 0 Å². The van der Waals surface area contributed by atoms with E-state index in [9.17, 15) is 9.50 Å². The standard InChI is InChI=1S/C17H19FO/c1-13-5-3-4-6-14(13)11-17(2,12-19)15-7-9-16(18)10-8-15/h3-10,19H,11-12H2,1-2H3. The van der Waals surface area contributed by atoms with E-state index in [1.807, 2.05) is 19.1 Å². The van der Waals surface area contributed by atoms with Crippen LogP contribution in [0.5, 0.6) is 0 Å². The molecule has 1 atom stereocenters.